The standard InChI is InChI=1S/C19H23ClN2O2/c1-14(2)24-18-10-6-5-9-17(18)22-19(23)11-12-21-13-15-7-3-4-8-16(15)20/h3-10,14,21H,11-13H2,1-2H3,(H,22,23). The van der Waals surface area contributed by atoms with Crippen molar-refractivity contribution in [3.63, 3.8) is 0 Å². The molecule has 5 heteroatoms. The molecule has 0 fully saturated rings. The van der Waals surface area contributed by atoms with Crippen molar-refractivity contribution >= 4 is 23.2 Å². The highest BCUT2D eigenvalue weighted by molar-refractivity contribution is 6.31. The van der Waals surface area contributed by atoms with Gasteiger partial charge in [0, 0.05) is 24.5 Å². The molecular weight excluding hydrogens is 324 g/mol. The number of carbonyl (C=O) groups excluding carboxylic acids is 1. The first kappa shape index (κ1) is 18.3. The molecule has 0 aliphatic heterocycles. The number of anilines is 1. The number of halogens is 1. The van der Waals surface area contributed by atoms with Gasteiger partial charge in [-0.3, -0.25) is 4.79 Å². The van der Waals surface area contributed by atoms with Crippen LogP contribution in [0.25, 0.3) is 0 Å². The van der Waals surface area contributed by atoms with Crippen molar-refractivity contribution in [1.29, 1.82) is 0 Å². The maximum Gasteiger partial charge on any atom is 0.225 e. The summed E-state index contributed by atoms with van der Waals surface area (Å²) in [5, 5.41) is 6.86. The largest absolute Gasteiger partial charge is 0.489 e. The molecule has 2 N–H and O–H groups in total. The van der Waals surface area contributed by atoms with Crippen LogP contribution in [-0.4, -0.2) is 18.6 Å². The lowest BCUT2D eigenvalue weighted by atomic mass is 10.2. The van der Waals surface area contributed by atoms with Crippen molar-refractivity contribution in [2.24, 2.45) is 0 Å². The second-order valence-electron chi connectivity index (χ2n) is 5.73. The summed E-state index contributed by atoms with van der Waals surface area (Å²) < 4.78 is 5.70. The second-order valence-corrected chi connectivity index (χ2v) is 6.14. The highest BCUT2D eigenvalue weighted by Gasteiger charge is 2.08. The van der Waals surface area contributed by atoms with E-state index in [1.807, 2.05) is 62.4 Å². The fourth-order valence-corrected chi connectivity index (χ4v) is 2.41. The number of benzene rings is 2. The lowest BCUT2D eigenvalue weighted by molar-refractivity contribution is -0.116. The van der Waals surface area contributed by atoms with E-state index >= 15 is 0 Å². The molecule has 4 nitrogen and oxygen atoms in total. The molecule has 0 saturated carbocycles. The Morgan fingerprint density at radius 3 is 2.58 bits per heavy atom. The third kappa shape index (κ3) is 5.87. The van der Waals surface area contributed by atoms with Gasteiger partial charge in [0.2, 0.25) is 5.91 Å². The van der Waals surface area contributed by atoms with E-state index in [0.717, 1.165) is 10.6 Å². The topological polar surface area (TPSA) is 50.4 Å². The minimum atomic E-state index is -0.0542. The number of nitrogens with one attached hydrogen (secondary N) is 2. The predicted octanol–water partition coefficient (Wildman–Crippen LogP) is 4.25. The molecule has 0 bridgehead atoms. The lowest BCUT2D eigenvalue weighted by Gasteiger charge is -2.14. The van der Waals surface area contributed by atoms with E-state index in [2.05, 4.69) is 10.6 Å². The zero-order chi connectivity index (χ0) is 17.4. The summed E-state index contributed by atoms with van der Waals surface area (Å²) in [4.78, 5) is 12.1. The highest BCUT2D eigenvalue weighted by atomic mass is 35.5. The van der Waals surface area contributed by atoms with E-state index in [9.17, 15) is 4.79 Å². The molecule has 0 aromatic heterocycles. The average Bonchev–Trinajstić information content (AvgIpc) is 2.54. The maximum absolute atomic E-state index is 12.1. The molecule has 0 unspecified atom stereocenters. The summed E-state index contributed by atoms with van der Waals surface area (Å²) in [6.07, 6.45) is 0.431. The maximum atomic E-state index is 12.1. The Morgan fingerprint density at radius 1 is 1.12 bits per heavy atom. The van der Waals surface area contributed by atoms with Crippen molar-refractivity contribution in [3.05, 3.63) is 59.1 Å². The van der Waals surface area contributed by atoms with Gasteiger partial charge in [-0.15, -0.1) is 0 Å². The Bertz CT molecular complexity index is 674. The SMILES string of the molecule is CC(C)Oc1ccccc1NC(=O)CCNCc1ccccc1Cl. The number of hydrogen-bond donors (Lipinski definition) is 2. The molecule has 128 valence electrons. The fraction of sp³-hybridized carbons (Fsp3) is 0.316. The fourth-order valence-electron chi connectivity index (χ4n) is 2.21. The Balaban J connectivity index is 1.79. The van der Waals surface area contributed by atoms with Crippen LogP contribution in [0.15, 0.2) is 48.5 Å². The summed E-state index contributed by atoms with van der Waals surface area (Å²) in [5.74, 6) is 0.631. The van der Waals surface area contributed by atoms with Gasteiger partial charge >= 0.3 is 0 Å². The van der Waals surface area contributed by atoms with Gasteiger partial charge in [0.25, 0.3) is 0 Å². The van der Waals surface area contributed by atoms with Crippen molar-refractivity contribution in [2.45, 2.75) is 32.9 Å². The highest BCUT2D eigenvalue weighted by Crippen LogP contribution is 2.24. The Morgan fingerprint density at radius 2 is 1.83 bits per heavy atom. The van der Waals surface area contributed by atoms with Gasteiger partial charge in [0.1, 0.15) is 5.75 Å². The van der Waals surface area contributed by atoms with Gasteiger partial charge in [-0.1, -0.05) is 41.9 Å². The lowest BCUT2D eigenvalue weighted by Crippen LogP contribution is -2.22. The number of carbonyl (C=O) groups is 1. The van der Waals surface area contributed by atoms with Crippen LogP contribution in [-0.2, 0) is 11.3 Å². The molecular formula is C19H23ClN2O2. The number of amides is 1. The average molecular weight is 347 g/mol. The van der Waals surface area contributed by atoms with Gasteiger partial charge in [-0.2, -0.15) is 0 Å². The molecule has 0 aliphatic rings. The molecule has 24 heavy (non-hydrogen) atoms. The molecule has 0 atom stereocenters. The van der Waals surface area contributed by atoms with Crippen LogP contribution < -0.4 is 15.4 Å². The van der Waals surface area contributed by atoms with Crippen LogP contribution in [0.4, 0.5) is 5.69 Å². The van der Waals surface area contributed by atoms with E-state index in [-0.39, 0.29) is 12.0 Å². The van der Waals surface area contributed by atoms with Crippen LogP contribution in [0.2, 0.25) is 5.02 Å². The molecule has 0 spiro atoms. The van der Waals surface area contributed by atoms with Crippen LogP contribution >= 0.6 is 11.6 Å². The Labute approximate surface area is 148 Å². The molecule has 2 aromatic rings. The monoisotopic (exact) mass is 346 g/mol. The normalized spacial score (nSPS) is 10.7. The summed E-state index contributed by atoms with van der Waals surface area (Å²) in [7, 11) is 0. The quantitative estimate of drug-likeness (QED) is 0.703. The van der Waals surface area contributed by atoms with Gasteiger partial charge in [0.15, 0.2) is 0 Å². The van der Waals surface area contributed by atoms with Crippen LogP contribution in [0.5, 0.6) is 5.75 Å². The van der Waals surface area contributed by atoms with Crippen molar-refractivity contribution in [2.75, 3.05) is 11.9 Å². The van der Waals surface area contributed by atoms with E-state index in [0.29, 0.717) is 30.9 Å². The first-order chi connectivity index (χ1) is 11.6. The second kappa shape index (κ2) is 9.30. The summed E-state index contributed by atoms with van der Waals surface area (Å²) in [6.45, 7) is 5.12. The molecule has 2 rings (SSSR count). The molecule has 0 radical (unpaired) electrons. The number of rotatable bonds is 8. The Hall–Kier alpha value is -2.04. The van der Waals surface area contributed by atoms with Gasteiger partial charge in [0.05, 0.1) is 11.8 Å². The van der Waals surface area contributed by atoms with Crippen molar-refractivity contribution in [1.82, 2.24) is 5.32 Å². The predicted molar refractivity (Wildman–Crippen MR) is 98.6 cm³/mol. The molecule has 0 aliphatic carbocycles. The van der Waals surface area contributed by atoms with Crippen LogP contribution in [0.1, 0.15) is 25.8 Å². The first-order valence-electron chi connectivity index (χ1n) is 8.06. The minimum Gasteiger partial charge on any atom is -0.489 e. The van der Waals surface area contributed by atoms with Crippen LogP contribution in [0, 0.1) is 0 Å². The molecule has 2 aromatic carbocycles. The van der Waals surface area contributed by atoms with Crippen LogP contribution in [0.3, 0.4) is 0 Å². The molecule has 0 saturated heterocycles. The summed E-state index contributed by atoms with van der Waals surface area (Å²) in [6, 6.07) is 15.1. The smallest absolute Gasteiger partial charge is 0.225 e. The zero-order valence-electron chi connectivity index (χ0n) is 14.0. The van der Waals surface area contributed by atoms with Gasteiger partial charge < -0.3 is 15.4 Å². The zero-order valence-corrected chi connectivity index (χ0v) is 14.8. The molecule has 0 heterocycles. The van der Waals surface area contributed by atoms with E-state index in [1.54, 1.807) is 0 Å². The summed E-state index contributed by atoms with van der Waals surface area (Å²) in [5.41, 5.74) is 1.72. The van der Waals surface area contributed by atoms with Crippen molar-refractivity contribution in [3.8, 4) is 5.75 Å². The van der Waals surface area contributed by atoms with Gasteiger partial charge in [-0.05, 0) is 37.6 Å². The van der Waals surface area contributed by atoms with Gasteiger partial charge in [-0.25, -0.2) is 0 Å². The Kier molecular flexibility index (Phi) is 7.09. The van der Waals surface area contributed by atoms with Crippen molar-refractivity contribution < 1.29 is 9.53 Å². The number of para-hydroxylation sites is 2. The van der Waals surface area contributed by atoms with E-state index < -0.39 is 0 Å². The third-order valence-corrected chi connectivity index (χ3v) is 3.69. The molecule has 1 amide bonds. The first-order valence-corrected chi connectivity index (χ1v) is 8.43. The van der Waals surface area contributed by atoms with E-state index in [4.69, 9.17) is 16.3 Å². The third-order valence-electron chi connectivity index (χ3n) is 3.33. The number of ether oxygens (including phenoxy) is 1. The minimum absolute atomic E-state index is 0.0542. The number of hydrogen-bond acceptors (Lipinski definition) is 3. The van der Waals surface area contributed by atoms with E-state index in [1.165, 1.54) is 0 Å². The summed E-state index contributed by atoms with van der Waals surface area (Å²) >= 11 is 6.10.